The van der Waals surface area contributed by atoms with Gasteiger partial charge in [0.15, 0.2) is 0 Å². The lowest BCUT2D eigenvalue weighted by Gasteiger charge is -2.33. The summed E-state index contributed by atoms with van der Waals surface area (Å²) < 4.78 is 38.1. The van der Waals surface area contributed by atoms with E-state index in [0.29, 0.717) is 15.7 Å². The van der Waals surface area contributed by atoms with Gasteiger partial charge in [-0.3, -0.25) is 4.90 Å². The molecule has 0 radical (unpaired) electrons. The largest absolute Gasteiger partial charge is 0.393 e. The molecule has 0 bridgehead atoms. The van der Waals surface area contributed by atoms with Crippen LogP contribution < -0.4 is 5.32 Å². The molecule has 148 valence electrons. The molecule has 0 spiro atoms. The van der Waals surface area contributed by atoms with Crippen molar-refractivity contribution in [2.45, 2.75) is 38.0 Å². The Balaban J connectivity index is 1.39. The number of thiophene rings is 1. The standard InChI is InChI=1S/C21H22F3N3S/c22-21(23,24)13-17-12-18-19(6-9-25-20(18)28-17)26-16-7-10-27(11-8-16)14-15-4-2-1-3-5-15/h1-6,9,12,16H,7-8,10-11,13-14H2,(H,25,26). The van der Waals surface area contributed by atoms with Crippen molar-refractivity contribution in [3.8, 4) is 0 Å². The second kappa shape index (κ2) is 8.09. The van der Waals surface area contributed by atoms with Crippen LogP contribution in [0.15, 0.2) is 48.7 Å². The Labute approximate surface area is 166 Å². The van der Waals surface area contributed by atoms with Crippen LogP contribution in [0.25, 0.3) is 10.2 Å². The van der Waals surface area contributed by atoms with Crippen LogP contribution in [0.1, 0.15) is 23.3 Å². The van der Waals surface area contributed by atoms with E-state index in [-0.39, 0.29) is 0 Å². The monoisotopic (exact) mass is 405 g/mol. The molecule has 1 N–H and O–H groups in total. The summed E-state index contributed by atoms with van der Waals surface area (Å²) in [5.74, 6) is 0. The topological polar surface area (TPSA) is 28.2 Å². The Kier molecular flexibility index (Phi) is 5.55. The highest BCUT2D eigenvalue weighted by Gasteiger charge is 2.29. The van der Waals surface area contributed by atoms with Gasteiger partial charge in [0, 0.05) is 47.8 Å². The minimum Gasteiger partial charge on any atom is -0.382 e. The van der Waals surface area contributed by atoms with Gasteiger partial charge in [0.1, 0.15) is 4.83 Å². The summed E-state index contributed by atoms with van der Waals surface area (Å²) in [5.41, 5.74) is 2.21. The van der Waals surface area contributed by atoms with Crippen LogP contribution in [0.4, 0.5) is 18.9 Å². The normalized spacial score (nSPS) is 16.5. The number of pyridine rings is 1. The highest BCUT2D eigenvalue weighted by Crippen LogP contribution is 2.34. The molecule has 1 aliphatic rings. The van der Waals surface area contributed by atoms with Gasteiger partial charge in [0.05, 0.1) is 6.42 Å². The molecule has 0 amide bonds. The Hall–Kier alpha value is -2.12. The lowest BCUT2D eigenvalue weighted by atomic mass is 10.0. The van der Waals surface area contributed by atoms with Crippen molar-refractivity contribution < 1.29 is 13.2 Å². The average molecular weight is 405 g/mol. The molecule has 3 heterocycles. The summed E-state index contributed by atoms with van der Waals surface area (Å²) in [6.45, 7) is 2.96. The van der Waals surface area contributed by atoms with E-state index in [1.807, 2.05) is 12.1 Å². The number of nitrogens with zero attached hydrogens (tertiary/aromatic N) is 2. The molecule has 0 atom stereocenters. The summed E-state index contributed by atoms with van der Waals surface area (Å²) in [4.78, 5) is 7.66. The molecule has 0 saturated carbocycles. The van der Waals surface area contributed by atoms with Gasteiger partial charge in [-0.15, -0.1) is 11.3 Å². The van der Waals surface area contributed by atoms with Crippen LogP contribution in [0.5, 0.6) is 0 Å². The Morgan fingerprint density at radius 3 is 2.57 bits per heavy atom. The number of halogens is 3. The van der Waals surface area contributed by atoms with Crippen molar-refractivity contribution >= 4 is 27.2 Å². The number of anilines is 1. The van der Waals surface area contributed by atoms with Crippen molar-refractivity contribution in [2.75, 3.05) is 18.4 Å². The van der Waals surface area contributed by atoms with Crippen LogP contribution in [0.3, 0.4) is 0 Å². The third-order valence-corrected chi connectivity index (χ3v) is 6.10. The molecule has 3 aromatic rings. The zero-order chi connectivity index (χ0) is 19.6. The molecule has 1 aliphatic heterocycles. The van der Waals surface area contributed by atoms with Gasteiger partial charge in [-0.2, -0.15) is 13.2 Å². The van der Waals surface area contributed by atoms with Crippen molar-refractivity contribution in [3.05, 3.63) is 59.1 Å². The minimum absolute atomic E-state index is 0.307. The summed E-state index contributed by atoms with van der Waals surface area (Å²) in [5, 5.41) is 4.33. The molecular weight excluding hydrogens is 383 g/mol. The van der Waals surface area contributed by atoms with Gasteiger partial charge < -0.3 is 5.32 Å². The molecule has 0 unspecified atom stereocenters. The number of nitrogens with one attached hydrogen (secondary N) is 1. The number of benzene rings is 1. The third-order valence-electron chi connectivity index (χ3n) is 5.06. The van der Waals surface area contributed by atoms with E-state index in [1.165, 1.54) is 5.56 Å². The van der Waals surface area contributed by atoms with Crippen molar-refractivity contribution in [1.82, 2.24) is 9.88 Å². The van der Waals surface area contributed by atoms with Crippen LogP contribution >= 0.6 is 11.3 Å². The molecule has 28 heavy (non-hydrogen) atoms. The molecule has 4 rings (SSSR count). The number of piperidine rings is 1. The second-order valence-electron chi connectivity index (χ2n) is 7.26. The number of rotatable bonds is 5. The molecule has 7 heteroatoms. The van der Waals surface area contributed by atoms with E-state index in [2.05, 4.69) is 39.5 Å². The number of likely N-dealkylation sites (tertiary alicyclic amines) is 1. The van der Waals surface area contributed by atoms with Gasteiger partial charge >= 0.3 is 6.18 Å². The number of hydrogen-bond acceptors (Lipinski definition) is 4. The first-order valence-corrected chi connectivity index (χ1v) is 10.2. The highest BCUT2D eigenvalue weighted by molar-refractivity contribution is 7.18. The Morgan fingerprint density at radius 1 is 1.11 bits per heavy atom. The van der Waals surface area contributed by atoms with Crippen LogP contribution in [0, 0.1) is 0 Å². The number of alkyl halides is 3. The lowest BCUT2D eigenvalue weighted by molar-refractivity contribution is -0.126. The molecule has 1 saturated heterocycles. The summed E-state index contributed by atoms with van der Waals surface area (Å²) in [7, 11) is 0. The molecule has 0 aliphatic carbocycles. The van der Waals surface area contributed by atoms with Gasteiger partial charge in [0.2, 0.25) is 0 Å². The first kappa shape index (κ1) is 19.2. The predicted octanol–water partition coefficient (Wildman–Crippen LogP) is 5.48. The number of aromatic nitrogens is 1. The van der Waals surface area contributed by atoms with Gasteiger partial charge in [-0.05, 0) is 30.5 Å². The van der Waals surface area contributed by atoms with Crippen molar-refractivity contribution in [2.24, 2.45) is 0 Å². The van der Waals surface area contributed by atoms with E-state index in [1.54, 1.807) is 12.3 Å². The fourth-order valence-corrected chi connectivity index (χ4v) is 4.75. The Bertz CT molecular complexity index is 916. The zero-order valence-electron chi connectivity index (χ0n) is 15.4. The molecule has 1 aromatic carbocycles. The fourth-order valence-electron chi connectivity index (χ4n) is 3.70. The highest BCUT2D eigenvalue weighted by atomic mass is 32.1. The van der Waals surface area contributed by atoms with E-state index >= 15 is 0 Å². The number of fused-ring (bicyclic) bond motifs is 1. The first-order chi connectivity index (χ1) is 13.5. The SMILES string of the molecule is FC(F)(F)Cc1cc2c(NC3CCN(Cc4ccccc4)CC3)ccnc2s1. The lowest BCUT2D eigenvalue weighted by Crippen LogP contribution is -2.38. The minimum atomic E-state index is -4.19. The predicted molar refractivity (Wildman–Crippen MR) is 108 cm³/mol. The summed E-state index contributed by atoms with van der Waals surface area (Å²) in [6, 6.07) is 14.3. The van der Waals surface area contributed by atoms with Crippen LogP contribution in [-0.2, 0) is 13.0 Å². The maximum Gasteiger partial charge on any atom is 0.393 e. The molecule has 2 aromatic heterocycles. The zero-order valence-corrected chi connectivity index (χ0v) is 16.2. The van der Waals surface area contributed by atoms with Gasteiger partial charge in [0.25, 0.3) is 0 Å². The average Bonchev–Trinajstić information content (AvgIpc) is 3.06. The quantitative estimate of drug-likeness (QED) is 0.609. The summed E-state index contributed by atoms with van der Waals surface area (Å²) in [6.07, 6.45) is -1.40. The Morgan fingerprint density at radius 2 is 1.86 bits per heavy atom. The molecule has 3 nitrogen and oxygen atoms in total. The molecule has 1 fully saturated rings. The van der Waals surface area contributed by atoms with E-state index < -0.39 is 12.6 Å². The third kappa shape index (κ3) is 4.83. The first-order valence-electron chi connectivity index (χ1n) is 9.43. The van der Waals surface area contributed by atoms with Crippen LogP contribution in [0.2, 0.25) is 0 Å². The number of hydrogen-bond donors (Lipinski definition) is 1. The van der Waals surface area contributed by atoms with Gasteiger partial charge in [-0.25, -0.2) is 4.98 Å². The van der Waals surface area contributed by atoms with E-state index in [4.69, 9.17) is 0 Å². The van der Waals surface area contributed by atoms with Crippen molar-refractivity contribution in [3.63, 3.8) is 0 Å². The smallest absolute Gasteiger partial charge is 0.382 e. The van der Waals surface area contributed by atoms with Crippen molar-refractivity contribution in [1.29, 1.82) is 0 Å². The van der Waals surface area contributed by atoms with E-state index in [0.717, 1.165) is 54.9 Å². The summed E-state index contributed by atoms with van der Waals surface area (Å²) >= 11 is 1.12. The van der Waals surface area contributed by atoms with E-state index in [9.17, 15) is 13.2 Å². The maximum absolute atomic E-state index is 12.7. The second-order valence-corrected chi connectivity index (χ2v) is 8.38. The van der Waals surface area contributed by atoms with Crippen LogP contribution in [-0.4, -0.2) is 35.2 Å². The fraction of sp³-hybridized carbons (Fsp3) is 0.381. The molecular formula is C21H22F3N3S. The van der Waals surface area contributed by atoms with Gasteiger partial charge in [-0.1, -0.05) is 30.3 Å². The maximum atomic E-state index is 12.7.